The van der Waals surface area contributed by atoms with Crippen LogP contribution in [0, 0.1) is 10.9 Å². The Kier molecular flexibility index (Phi) is 3.70. The normalized spacial score (nSPS) is 16.2. The van der Waals surface area contributed by atoms with E-state index in [9.17, 15) is 4.79 Å². The Balaban J connectivity index is 1.80. The Morgan fingerprint density at radius 2 is 1.75 bits per heavy atom. The zero-order valence-electron chi connectivity index (χ0n) is 12.9. The van der Waals surface area contributed by atoms with Crippen LogP contribution in [-0.4, -0.2) is 10.5 Å². The molecule has 0 spiro atoms. The molecule has 0 bridgehead atoms. The lowest BCUT2D eigenvalue weighted by Gasteiger charge is -2.27. The monoisotopic (exact) mass is 353 g/mol. The summed E-state index contributed by atoms with van der Waals surface area (Å²) in [6, 6.07) is 18.0. The second-order valence-corrected chi connectivity index (χ2v) is 7.32. The molecule has 0 saturated carbocycles. The van der Waals surface area contributed by atoms with Gasteiger partial charge in [0.2, 0.25) is 0 Å². The van der Waals surface area contributed by atoms with Gasteiger partial charge in [-0.2, -0.15) is 0 Å². The summed E-state index contributed by atoms with van der Waals surface area (Å²) in [4.78, 5) is 13.2. The molecule has 2 N–H and O–H groups in total. The lowest BCUT2D eigenvalue weighted by molar-refractivity contribution is 0.0939. The largest absolute Gasteiger partial charge is 0.346 e. The molecule has 120 valence electrons. The number of aryl methyl sites for hydroxylation is 1. The molecule has 2 aromatic carbocycles. The quantitative estimate of drug-likeness (QED) is 0.670. The molecule has 1 amide bonds. The van der Waals surface area contributed by atoms with Gasteiger partial charge in [0, 0.05) is 5.69 Å². The Labute approximate surface area is 148 Å². The first kappa shape index (κ1) is 15.1. The molecule has 3 aromatic rings. The van der Waals surface area contributed by atoms with Gasteiger partial charge < -0.3 is 10.6 Å². The van der Waals surface area contributed by atoms with Gasteiger partial charge in [-0.3, -0.25) is 9.36 Å². The number of anilines is 1. The van der Waals surface area contributed by atoms with Crippen molar-refractivity contribution in [1.29, 1.82) is 0 Å². The summed E-state index contributed by atoms with van der Waals surface area (Å²) >= 11 is 6.81. The molecular weight excluding hydrogens is 338 g/mol. The van der Waals surface area contributed by atoms with Gasteiger partial charge in [0.05, 0.1) is 0 Å². The van der Waals surface area contributed by atoms with E-state index in [2.05, 4.69) is 10.6 Å². The Bertz CT molecular complexity index is 958. The molecule has 4 nitrogen and oxygen atoms in total. The molecule has 0 radical (unpaired) electrons. The van der Waals surface area contributed by atoms with Crippen LogP contribution in [0.2, 0.25) is 0 Å². The number of nitrogens with one attached hydrogen (secondary N) is 2. The van der Waals surface area contributed by atoms with Crippen molar-refractivity contribution in [2.45, 2.75) is 13.1 Å². The summed E-state index contributed by atoms with van der Waals surface area (Å²) in [6.07, 6.45) is -0.274. The highest BCUT2D eigenvalue weighted by molar-refractivity contribution is 7.73. The number of aromatic nitrogens is 1. The van der Waals surface area contributed by atoms with Gasteiger partial charge in [-0.05, 0) is 36.8 Å². The van der Waals surface area contributed by atoms with Crippen LogP contribution < -0.4 is 10.6 Å². The summed E-state index contributed by atoms with van der Waals surface area (Å²) in [5.41, 5.74) is 3.14. The third-order valence-corrected chi connectivity index (χ3v) is 5.37. The SMILES string of the molecule is Cc1ccc([C@@H]2NC(=O)c3sc(=S)n(-c4ccccc4)c3N2)cc1. The Hall–Kier alpha value is -2.44. The van der Waals surface area contributed by atoms with Crippen molar-refractivity contribution in [1.82, 2.24) is 9.88 Å². The summed E-state index contributed by atoms with van der Waals surface area (Å²) in [6.45, 7) is 2.04. The maximum absolute atomic E-state index is 12.5. The second kappa shape index (κ2) is 5.89. The van der Waals surface area contributed by atoms with Crippen LogP contribution in [0.25, 0.3) is 5.69 Å². The maximum Gasteiger partial charge on any atom is 0.267 e. The van der Waals surface area contributed by atoms with Crippen molar-refractivity contribution in [3.05, 3.63) is 74.6 Å². The summed E-state index contributed by atoms with van der Waals surface area (Å²) in [7, 11) is 0. The van der Waals surface area contributed by atoms with Crippen LogP contribution in [0.3, 0.4) is 0 Å². The first-order chi connectivity index (χ1) is 11.6. The van der Waals surface area contributed by atoms with E-state index in [1.807, 2.05) is 66.1 Å². The predicted octanol–water partition coefficient (Wildman–Crippen LogP) is 4.43. The fourth-order valence-electron chi connectivity index (χ4n) is 2.76. The van der Waals surface area contributed by atoms with Crippen molar-refractivity contribution in [3.8, 4) is 5.69 Å². The number of nitrogens with zero attached hydrogens (tertiary/aromatic N) is 1. The molecule has 24 heavy (non-hydrogen) atoms. The number of amides is 1. The van der Waals surface area contributed by atoms with E-state index in [1.54, 1.807) is 0 Å². The number of thiazole rings is 1. The Morgan fingerprint density at radius 3 is 2.46 bits per heavy atom. The van der Waals surface area contributed by atoms with E-state index < -0.39 is 0 Å². The fraction of sp³-hybridized carbons (Fsp3) is 0.111. The number of hydrogen-bond acceptors (Lipinski definition) is 4. The molecule has 1 aromatic heterocycles. The lowest BCUT2D eigenvalue weighted by Crippen LogP contribution is -2.38. The first-order valence-electron chi connectivity index (χ1n) is 7.59. The number of carbonyl (C=O) groups is 1. The van der Waals surface area contributed by atoms with Crippen LogP contribution in [0.5, 0.6) is 0 Å². The van der Waals surface area contributed by atoms with Crippen LogP contribution in [0.15, 0.2) is 54.6 Å². The van der Waals surface area contributed by atoms with Crippen LogP contribution >= 0.6 is 23.6 Å². The molecule has 4 rings (SSSR count). The van der Waals surface area contributed by atoms with Gasteiger partial charge in [-0.25, -0.2) is 0 Å². The van der Waals surface area contributed by atoms with Crippen molar-refractivity contribution < 1.29 is 4.79 Å². The highest BCUT2D eigenvalue weighted by atomic mass is 32.1. The number of benzene rings is 2. The minimum atomic E-state index is -0.274. The third kappa shape index (κ3) is 2.53. The number of hydrogen-bond donors (Lipinski definition) is 2. The van der Waals surface area contributed by atoms with Crippen molar-refractivity contribution >= 4 is 35.3 Å². The van der Waals surface area contributed by atoms with Crippen molar-refractivity contribution in [2.24, 2.45) is 0 Å². The highest BCUT2D eigenvalue weighted by Crippen LogP contribution is 2.34. The van der Waals surface area contributed by atoms with Gasteiger partial charge in [-0.15, -0.1) is 0 Å². The smallest absolute Gasteiger partial charge is 0.267 e. The van der Waals surface area contributed by atoms with E-state index >= 15 is 0 Å². The number of fused-ring (bicyclic) bond motifs is 1. The van der Waals surface area contributed by atoms with Gasteiger partial charge in [-0.1, -0.05) is 59.4 Å². The van der Waals surface area contributed by atoms with Crippen molar-refractivity contribution in [3.63, 3.8) is 0 Å². The molecule has 1 atom stereocenters. The number of para-hydroxylation sites is 1. The molecule has 2 heterocycles. The molecular formula is C18H15N3OS2. The molecule has 6 heteroatoms. The molecule has 0 fully saturated rings. The van der Waals surface area contributed by atoms with Gasteiger partial charge >= 0.3 is 0 Å². The van der Waals surface area contributed by atoms with Crippen molar-refractivity contribution in [2.75, 3.05) is 5.32 Å². The first-order valence-corrected chi connectivity index (χ1v) is 8.81. The second-order valence-electron chi connectivity index (χ2n) is 5.68. The molecule has 0 aliphatic carbocycles. The number of rotatable bonds is 2. The van der Waals surface area contributed by atoms with Crippen LogP contribution in [0.4, 0.5) is 5.82 Å². The zero-order valence-corrected chi connectivity index (χ0v) is 14.6. The highest BCUT2D eigenvalue weighted by Gasteiger charge is 2.29. The van der Waals surface area contributed by atoms with Gasteiger partial charge in [0.25, 0.3) is 5.91 Å². The van der Waals surface area contributed by atoms with Crippen LogP contribution in [0.1, 0.15) is 27.0 Å². The fourth-order valence-corrected chi connectivity index (χ4v) is 4.07. The van der Waals surface area contributed by atoms with E-state index in [0.29, 0.717) is 8.83 Å². The third-order valence-electron chi connectivity index (χ3n) is 4.00. The van der Waals surface area contributed by atoms with E-state index in [0.717, 1.165) is 17.1 Å². The average molecular weight is 353 g/mol. The number of carbonyl (C=O) groups excluding carboxylic acids is 1. The molecule has 1 aliphatic rings. The molecule has 0 saturated heterocycles. The average Bonchev–Trinajstić information content (AvgIpc) is 2.93. The minimum Gasteiger partial charge on any atom is -0.346 e. The lowest BCUT2D eigenvalue weighted by atomic mass is 10.1. The van der Waals surface area contributed by atoms with Crippen LogP contribution in [-0.2, 0) is 0 Å². The van der Waals surface area contributed by atoms with E-state index in [1.165, 1.54) is 16.9 Å². The minimum absolute atomic E-state index is 0.0971. The van der Waals surface area contributed by atoms with E-state index in [4.69, 9.17) is 12.2 Å². The standard InChI is InChI=1S/C18H15N3OS2/c1-11-7-9-12(10-8-11)15-19-16-14(17(22)20-15)24-18(23)21(16)13-5-3-2-4-6-13/h2-10,15,19H,1H3,(H,20,22)/t15-/m0/s1. The predicted molar refractivity (Wildman–Crippen MR) is 99.5 cm³/mol. The molecule has 0 unspecified atom stereocenters. The van der Waals surface area contributed by atoms with Gasteiger partial charge in [0.1, 0.15) is 16.9 Å². The summed E-state index contributed by atoms with van der Waals surface area (Å²) < 4.78 is 2.58. The topological polar surface area (TPSA) is 46.1 Å². The zero-order chi connectivity index (χ0) is 16.7. The summed E-state index contributed by atoms with van der Waals surface area (Å²) in [5, 5.41) is 6.43. The maximum atomic E-state index is 12.5. The summed E-state index contributed by atoms with van der Waals surface area (Å²) in [5.74, 6) is 0.658. The van der Waals surface area contributed by atoms with Gasteiger partial charge in [0.15, 0.2) is 3.95 Å². The molecule has 1 aliphatic heterocycles. The van der Waals surface area contributed by atoms with E-state index in [-0.39, 0.29) is 12.1 Å². The Morgan fingerprint density at radius 1 is 1.04 bits per heavy atom.